The Morgan fingerprint density at radius 3 is 2.37 bits per heavy atom. The molecule has 0 unspecified atom stereocenters. The fraction of sp³-hybridized carbons (Fsp3) is 0. The van der Waals surface area contributed by atoms with Gasteiger partial charge in [-0.2, -0.15) is 0 Å². The summed E-state index contributed by atoms with van der Waals surface area (Å²) >= 11 is 0. The minimum absolute atomic E-state index is 0.104. The summed E-state index contributed by atoms with van der Waals surface area (Å²) in [4.78, 5) is 25.6. The largest absolute Gasteiger partial charge is 0.478 e. The second kappa shape index (κ2) is 5.18. The van der Waals surface area contributed by atoms with Crippen molar-refractivity contribution in [3.63, 3.8) is 0 Å². The molecule has 0 radical (unpaired) electrons. The highest BCUT2D eigenvalue weighted by Crippen LogP contribution is 2.17. The van der Waals surface area contributed by atoms with Gasteiger partial charge in [-0.25, -0.2) is 14.6 Å². The molecule has 0 fully saturated rings. The van der Waals surface area contributed by atoms with Crippen LogP contribution >= 0.6 is 0 Å². The number of anilines is 2. The Balaban J connectivity index is 2.26. The van der Waals surface area contributed by atoms with Gasteiger partial charge in [-0.1, -0.05) is 6.07 Å². The van der Waals surface area contributed by atoms with E-state index in [4.69, 9.17) is 10.2 Å². The Labute approximate surface area is 108 Å². The molecule has 1 heterocycles. The van der Waals surface area contributed by atoms with Crippen LogP contribution in [0.4, 0.5) is 11.5 Å². The van der Waals surface area contributed by atoms with Crippen LogP contribution in [0.2, 0.25) is 0 Å². The minimum atomic E-state index is -1.05. The highest BCUT2D eigenvalue weighted by atomic mass is 16.4. The maximum Gasteiger partial charge on any atom is 0.335 e. The van der Waals surface area contributed by atoms with Crippen LogP contribution in [0.15, 0.2) is 42.6 Å². The minimum Gasteiger partial charge on any atom is -0.478 e. The van der Waals surface area contributed by atoms with E-state index in [1.54, 1.807) is 12.1 Å². The van der Waals surface area contributed by atoms with Crippen LogP contribution in [-0.2, 0) is 0 Å². The third kappa shape index (κ3) is 3.06. The third-order valence-corrected chi connectivity index (χ3v) is 2.39. The summed E-state index contributed by atoms with van der Waals surface area (Å²) in [6, 6.07) is 8.91. The number of nitrogens with one attached hydrogen (secondary N) is 1. The predicted octanol–water partition coefficient (Wildman–Crippen LogP) is 2.22. The summed E-state index contributed by atoms with van der Waals surface area (Å²) in [6.07, 6.45) is 1.37. The molecule has 0 amide bonds. The van der Waals surface area contributed by atoms with Crippen molar-refractivity contribution >= 4 is 23.4 Å². The van der Waals surface area contributed by atoms with Crippen LogP contribution in [0.3, 0.4) is 0 Å². The lowest BCUT2D eigenvalue weighted by Gasteiger charge is -2.06. The van der Waals surface area contributed by atoms with Gasteiger partial charge in [-0.15, -0.1) is 0 Å². The zero-order chi connectivity index (χ0) is 13.8. The van der Waals surface area contributed by atoms with E-state index in [0.29, 0.717) is 11.5 Å². The number of carboxylic acids is 2. The molecule has 1 aromatic heterocycles. The van der Waals surface area contributed by atoms with Crippen LogP contribution in [-0.4, -0.2) is 27.1 Å². The Hall–Kier alpha value is -2.89. The lowest BCUT2D eigenvalue weighted by Crippen LogP contribution is -2.01. The Morgan fingerprint density at radius 2 is 1.68 bits per heavy atom. The van der Waals surface area contributed by atoms with Gasteiger partial charge in [0.2, 0.25) is 0 Å². The number of nitrogens with zero attached hydrogens (tertiary/aromatic N) is 1. The molecule has 2 aromatic rings. The number of rotatable bonds is 4. The molecule has 0 atom stereocenters. The average molecular weight is 258 g/mol. The fourth-order valence-corrected chi connectivity index (χ4v) is 1.51. The molecule has 1 aromatic carbocycles. The second-order valence-corrected chi connectivity index (χ2v) is 3.75. The summed E-state index contributed by atoms with van der Waals surface area (Å²) in [7, 11) is 0. The van der Waals surface area contributed by atoms with E-state index >= 15 is 0 Å². The Kier molecular flexibility index (Phi) is 3.42. The molecule has 96 valence electrons. The van der Waals surface area contributed by atoms with Gasteiger partial charge in [-0.05, 0) is 30.3 Å². The van der Waals surface area contributed by atoms with Crippen molar-refractivity contribution in [1.82, 2.24) is 4.98 Å². The lowest BCUT2D eigenvalue weighted by molar-refractivity contribution is 0.0686. The van der Waals surface area contributed by atoms with E-state index in [9.17, 15) is 9.59 Å². The molecule has 3 N–H and O–H groups in total. The Morgan fingerprint density at radius 1 is 1.00 bits per heavy atom. The van der Waals surface area contributed by atoms with Gasteiger partial charge >= 0.3 is 11.9 Å². The van der Waals surface area contributed by atoms with Crippen LogP contribution < -0.4 is 5.32 Å². The number of hydrogen-bond donors (Lipinski definition) is 3. The number of aromatic nitrogens is 1. The lowest BCUT2D eigenvalue weighted by atomic mass is 10.2. The van der Waals surface area contributed by atoms with Gasteiger partial charge in [-0.3, -0.25) is 0 Å². The number of pyridine rings is 1. The van der Waals surface area contributed by atoms with Gasteiger partial charge in [0.1, 0.15) is 5.82 Å². The van der Waals surface area contributed by atoms with Crippen molar-refractivity contribution < 1.29 is 19.8 Å². The Bertz CT molecular complexity index is 585. The summed E-state index contributed by atoms with van der Waals surface area (Å²) < 4.78 is 0. The summed E-state index contributed by atoms with van der Waals surface area (Å²) in [5, 5.41) is 20.6. The zero-order valence-corrected chi connectivity index (χ0v) is 9.70. The molecule has 0 bridgehead atoms. The maximum atomic E-state index is 10.8. The van der Waals surface area contributed by atoms with Gasteiger partial charge in [0.05, 0.1) is 11.1 Å². The molecule has 0 aliphatic heterocycles. The van der Waals surface area contributed by atoms with Gasteiger partial charge in [0, 0.05) is 11.9 Å². The van der Waals surface area contributed by atoms with Crippen molar-refractivity contribution in [2.75, 3.05) is 5.32 Å². The number of carbonyl (C=O) groups is 2. The maximum absolute atomic E-state index is 10.8. The van der Waals surface area contributed by atoms with Gasteiger partial charge < -0.3 is 15.5 Å². The van der Waals surface area contributed by atoms with Gasteiger partial charge in [0.15, 0.2) is 0 Å². The molecule has 2 rings (SSSR count). The SMILES string of the molecule is O=C(O)c1cccc(Nc2cc(C(=O)O)ccn2)c1. The van der Waals surface area contributed by atoms with E-state index in [1.807, 2.05) is 0 Å². The monoisotopic (exact) mass is 258 g/mol. The van der Waals surface area contributed by atoms with E-state index in [0.717, 1.165) is 0 Å². The van der Waals surface area contributed by atoms with Crippen molar-refractivity contribution in [1.29, 1.82) is 0 Å². The molecule has 6 nitrogen and oxygen atoms in total. The number of benzene rings is 1. The molecule has 6 heteroatoms. The summed E-state index contributed by atoms with van der Waals surface area (Å²) in [6.45, 7) is 0. The van der Waals surface area contributed by atoms with E-state index < -0.39 is 11.9 Å². The normalized spacial score (nSPS) is 9.89. The van der Waals surface area contributed by atoms with Crippen molar-refractivity contribution in [2.45, 2.75) is 0 Å². The van der Waals surface area contributed by atoms with Crippen LogP contribution in [0.1, 0.15) is 20.7 Å². The van der Waals surface area contributed by atoms with Crippen LogP contribution in [0.25, 0.3) is 0 Å². The molecule has 0 saturated carbocycles. The second-order valence-electron chi connectivity index (χ2n) is 3.75. The first kappa shape index (κ1) is 12.6. The van der Waals surface area contributed by atoms with Crippen molar-refractivity contribution in [3.05, 3.63) is 53.7 Å². The molecule has 0 aliphatic rings. The highest BCUT2D eigenvalue weighted by Gasteiger charge is 2.06. The first-order valence-corrected chi connectivity index (χ1v) is 5.36. The molecule has 0 saturated heterocycles. The average Bonchev–Trinajstić information content (AvgIpc) is 2.39. The van der Waals surface area contributed by atoms with Crippen LogP contribution in [0, 0.1) is 0 Å². The van der Waals surface area contributed by atoms with E-state index in [2.05, 4.69) is 10.3 Å². The number of carboxylic acid groups (broad SMARTS) is 2. The molecular formula is C13H10N2O4. The standard InChI is InChI=1S/C13H10N2O4/c16-12(17)8-2-1-3-10(6-8)15-11-7-9(13(18)19)4-5-14-11/h1-7H,(H,14,15)(H,16,17)(H,18,19). The van der Waals surface area contributed by atoms with E-state index in [1.165, 1.54) is 30.5 Å². The number of aromatic carboxylic acids is 2. The summed E-state index contributed by atoms with van der Waals surface area (Å²) in [5.41, 5.74) is 0.765. The first-order chi connectivity index (χ1) is 9.06. The third-order valence-electron chi connectivity index (χ3n) is 2.39. The van der Waals surface area contributed by atoms with Crippen LogP contribution in [0.5, 0.6) is 0 Å². The number of hydrogen-bond acceptors (Lipinski definition) is 4. The molecule has 0 aliphatic carbocycles. The van der Waals surface area contributed by atoms with Gasteiger partial charge in [0.25, 0.3) is 0 Å². The topological polar surface area (TPSA) is 99.5 Å². The molecule has 19 heavy (non-hydrogen) atoms. The molecule has 0 spiro atoms. The smallest absolute Gasteiger partial charge is 0.335 e. The molecular weight excluding hydrogens is 248 g/mol. The van der Waals surface area contributed by atoms with Crippen molar-refractivity contribution in [2.24, 2.45) is 0 Å². The first-order valence-electron chi connectivity index (χ1n) is 5.36. The summed E-state index contributed by atoms with van der Waals surface area (Å²) in [5.74, 6) is -1.75. The predicted molar refractivity (Wildman–Crippen MR) is 67.9 cm³/mol. The zero-order valence-electron chi connectivity index (χ0n) is 9.70. The highest BCUT2D eigenvalue weighted by molar-refractivity contribution is 5.90. The quantitative estimate of drug-likeness (QED) is 0.777. The van der Waals surface area contributed by atoms with E-state index in [-0.39, 0.29) is 11.1 Å². The van der Waals surface area contributed by atoms with Crippen molar-refractivity contribution in [3.8, 4) is 0 Å². The fourth-order valence-electron chi connectivity index (χ4n) is 1.51.